The molecule has 2 N–H and O–H groups in total. The molecule has 0 unspecified atom stereocenters. The normalized spacial score (nSPS) is 10.4. The second-order valence-corrected chi connectivity index (χ2v) is 4.91. The summed E-state index contributed by atoms with van der Waals surface area (Å²) in [5.74, 6) is 0.875. The number of aryl methyl sites for hydroxylation is 1. The minimum atomic E-state index is 0.761. The number of rotatable bonds is 3. The summed E-state index contributed by atoms with van der Waals surface area (Å²) in [5, 5.41) is 1.08. The Hall–Kier alpha value is -1.55. The van der Waals surface area contributed by atoms with Crippen LogP contribution in [0.25, 0.3) is 0 Å². The fourth-order valence-electron chi connectivity index (χ4n) is 1.61. The minimum absolute atomic E-state index is 0.761. The van der Waals surface area contributed by atoms with Crippen molar-refractivity contribution in [2.75, 3.05) is 12.8 Å². The van der Waals surface area contributed by atoms with Crippen LogP contribution in [0.3, 0.4) is 0 Å². The average Bonchev–Trinajstić information content (AvgIpc) is 2.64. The van der Waals surface area contributed by atoms with E-state index in [9.17, 15) is 0 Å². The monoisotopic (exact) mass is 234 g/mol. The average molecular weight is 234 g/mol. The minimum Gasteiger partial charge on any atom is -0.496 e. The van der Waals surface area contributed by atoms with E-state index in [1.165, 1.54) is 4.88 Å². The zero-order valence-electron chi connectivity index (χ0n) is 9.36. The van der Waals surface area contributed by atoms with Gasteiger partial charge in [-0.05, 0) is 25.1 Å². The number of nitrogens with zero attached hydrogens (tertiary/aromatic N) is 1. The Bertz CT molecular complexity index is 494. The molecule has 84 valence electrons. The van der Waals surface area contributed by atoms with Crippen LogP contribution in [-0.4, -0.2) is 12.1 Å². The summed E-state index contributed by atoms with van der Waals surface area (Å²) in [6, 6.07) is 5.70. The Morgan fingerprint density at radius 1 is 1.44 bits per heavy atom. The van der Waals surface area contributed by atoms with Crippen LogP contribution in [0, 0.1) is 6.92 Å². The van der Waals surface area contributed by atoms with Crippen molar-refractivity contribution < 1.29 is 4.74 Å². The van der Waals surface area contributed by atoms with Gasteiger partial charge in [-0.15, -0.1) is 11.3 Å². The molecule has 1 aromatic carbocycles. The lowest BCUT2D eigenvalue weighted by molar-refractivity contribution is 0.410. The third kappa shape index (κ3) is 2.33. The Balaban J connectivity index is 2.29. The van der Waals surface area contributed by atoms with Gasteiger partial charge in [0, 0.05) is 28.7 Å². The van der Waals surface area contributed by atoms with Gasteiger partial charge in [0.15, 0.2) is 0 Å². The standard InChI is InChI=1S/C12H14N2OS/c1-8-14-7-11(16-8)6-9-5-10(13)3-4-12(9)15-2/h3-5,7H,6,13H2,1-2H3. The Labute approximate surface area is 98.9 Å². The maximum Gasteiger partial charge on any atom is 0.122 e. The molecule has 0 saturated heterocycles. The summed E-state index contributed by atoms with van der Waals surface area (Å²) in [7, 11) is 1.67. The van der Waals surface area contributed by atoms with Crippen molar-refractivity contribution in [2.45, 2.75) is 13.3 Å². The molecular weight excluding hydrogens is 220 g/mol. The van der Waals surface area contributed by atoms with Crippen LogP contribution in [0.2, 0.25) is 0 Å². The van der Waals surface area contributed by atoms with E-state index in [1.54, 1.807) is 18.4 Å². The molecule has 2 aromatic rings. The maximum absolute atomic E-state index is 5.77. The number of hydrogen-bond donors (Lipinski definition) is 1. The zero-order chi connectivity index (χ0) is 11.5. The number of methoxy groups -OCH3 is 1. The van der Waals surface area contributed by atoms with Crippen LogP contribution >= 0.6 is 11.3 Å². The van der Waals surface area contributed by atoms with Gasteiger partial charge in [0.2, 0.25) is 0 Å². The van der Waals surface area contributed by atoms with Crippen LogP contribution in [0.4, 0.5) is 5.69 Å². The van der Waals surface area contributed by atoms with Crippen molar-refractivity contribution >= 4 is 17.0 Å². The van der Waals surface area contributed by atoms with E-state index in [0.29, 0.717) is 0 Å². The van der Waals surface area contributed by atoms with Crippen LogP contribution < -0.4 is 10.5 Å². The van der Waals surface area contributed by atoms with Crippen molar-refractivity contribution in [2.24, 2.45) is 0 Å². The van der Waals surface area contributed by atoms with Gasteiger partial charge in [-0.3, -0.25) is 0 Å². The van der Waals surface area contributed by atoms with Gasteiger partial charge < -0.3 is 10.5 Å². The van der Waals surface area contributed by atoms with Crippen molar-refractivity contribution in [1.82, 2.24) is 4.98 Å². The zero-order valence-corrected chi connectivity index (χ0v) is 10.2. The van der Waals surface area contributed by atoms with E-state index in [4.69, 9.17) is 10.5 Å². The first-order valence-corrected chi connectivity index (χ1v) is 5.84. The molecule has 0 bridgehead atoms. The SMILES string of the molecule is COc1ccc(N)cc1Cc1cnc(C)s1. The molecule has 4 heteroatoms. The first kappa shape index (κ1) is 11.0. The van der Waals surface area contributed by atoms with Crippen LogP contribution in [-0.2, 0) is 6.42 Å². The van der Waals surface area contributed by atoms with Gasteiger partial charge in [-0.1, -0.05) is 0 Å². The summed E-state index contributed by atoms with van der Waals surface area (Å²) in [6.45, 7) is 2.00. The predicted molar refractivity (Wildman–Crippen MR) is 67.1 cm³/mol. The molecule has 3 nitrogen and oxygen atoms in total. The maximum atomic E-state index is 5.77. The highest BCUT2D eigenvalue weighted by molar-refractivity contribution is 7.11. The largest absolute Gasteiger partial charge is 0.496 e. The lowest BCUT2D eigenvalue weighted by Gasteiger charge is -2.07. The molecule has 0 amide bonds. The van der Waals surface area contributed by atoms with Gasteiger partial charge in [-0.2, -0.15) is 0 Å². The van der Waals surface area contributed by atoms with Gasteiger partial charge in [0.1, 0.15) is 5.75 Å². The number of thiazole rings is 1. The van der Waals surface area contributed by atoms with E-state index in [0.717, 1.165) is 28.4 Å². The predicted octanol–water partition coefficient (Wildman–Crippen LogP) is 2.63. The second-order valence-electron chi connectivity index (χ2n) is 3.59. The van der Waals surface area contributed by atoms with E-state index < -0.39 is 0 Å². The number of ether oxygens (including phenoxy) is 1. The van der Waals surface area contributed by atoms with Gasteiger partial charge in [0.25, 0.3) is 0 Å². The molecule has 1 aromatic heterocycles. The summed E-state index contributed by atoms with van der Waals surface area (Å²) >= 11 is 1.70. The molecule has 0 spiro atoms. The number of aromatic nitrogens is 1. The molecule has 2 rings (SSSR count). The summed E-state index contributed by atoms with van der Waals surface area (Å²) in [4.78, 5) is 5.46. The molecule has 0 aliphatic rings. The van der Waals surface area contributed by atoms with E-state index >= 15 is 0 Å². The van der Waals surface area contributed by atoms with Crippen molar-refractivity contribution in [1.29, 1.82) is 0 Å². The Kier molecular flexibility index (Phi) is 3.10. The van der Waals surface area contributed by atoms with E-state index in [2.05, 4.69) is 4.98 Å². The highest BCUT2D eigenvalue weighted by atomic mass is 32.1. The molecule has 0 atom stereocenters. The second kappa shape index (κ2) is 4.53. The number of nitrogen functional groups attached to an aromatic ring is 1. The van der Waals surface area contributed by atoms with Gasteiger partial charge in [0.05, 0.1) is 12.1 Å². The molecule has 1 heterocycles. The van der Waals surface area contributed by atoms with Crippen molar-refractivity contribution in [3.63, 3.8) is 0 Å². The third-order valence-electron chi connectivity index (χ3n) is 2.34. The number of benzene rings is 1. The number of anilines is 1. The third-order valence-corrected chi connectivity index (χ3v) is 3.25. The Morgan fingerprint density at radius 2 is 2.25 bits per heavy atom. The first-order valence-electron chi connectivity index (χ1n) is 5.02. The lowest BCUT2D eigenvalue weighted by Crippen LogP contribution is -1.94. The molecule has 0 radical (unpaired) electrons. The van der Waals surface area contributed by atoms with Crippen molar-refractivity contribution in [3.8, 4) is 5.75 Å². The highest BCUT2D eigenvalue weighted by Gasteiger charge is 2.06. The van der Waals surface area contributed by atoms with Crippen LogP contribution in [0.5, 0.6) is 5.75 Å². The molecule has 0 saturated carbocycles. The fraction of sp³-hybridized carbons (Fsp3) is 0.250. The Morgan fingerprint density at radius 3 is 2.88 bits per heavy atom. The number of nitrogens with two attached hydrogens (primary N) is 1. The smallest absolute Gasteiger partial charge is 0.122 e. The number of hydrogen-bond acceptors (Lipinski definition) is 4. The quantitative estimate of drug-likeness (QED) is 0.830. The lowest BCUT2D eigenvalue weighted by atomic mass is 10.1. The summed E-state index contributed by atoms with van der Waals surface area (Å²) in [5.41, 5.74) is 7.64. The molecule has 0 aliphatic carbocycles. The van der Waals surface area contributed by atoms with E-state index in [1.807, 2.05) is 31.3 Å². The fourth-order valence-corrected chi connectivity index (χ4v) is 2.43. The van der Waals surface area contributed by atoms with Crippen LogP contribution in [0.15, 0.2) is 24.4 Å². The molecule has 16 heavy (non-hydrogen) atoms. The van der Waals surface area contributed by atoms with Gasteiger partial charge in [-0.25, -0.2) is 4.98 Å². The van der Waals surface area contributed by atoms with E-state index in [-0.39, 0.29) is 0 Å². The molecule has 0 fully saturated rings. The topological polar surface area (TPSA) is 48.1 Å². The molecular formula is C12H14N2OS. The summed E-state index contributed by atoms with van der Waals surface area (Å²) < 4.78 is 5.31. The summed E-state index contributed by atoms with van der Waals surface area (Å²) in [6.07, 6.45) is 2.72. The van der Waals surface area contributed by atoms with Crippen LogP contribution in [0.1, 0.15) is 15.4 Å². The van der Waals surface area contributed by atoms with Crippen molar-refractivity contribution in [3.05, 3.63) is 39.8 Å². The van der Waals surface area contributed by atoms with Gasteiger partial charge >= 0.3 is 0 Å². The first-order chi connectivity index (χ1) is 7.69. The molecule has 0 aliphatic heterocycles. The highest BCUT2D eigenvalue weighted by Crippen LogP contribution is 2.25.